The fourth-order valence-corrected chi connectivity index (χ4v) is 2.22. The molecule has 110 valence electrons. The standard InChI is InChI=1S/C13H15N5O2S/c1-2-11(20)15-9-5-3-8(4-6-9)10(19)7-21-13-16-12(14)17-18-13/h3-6H,2,7H2,1H3,(H,15,20)(H3,14,16,17,18). The van der Waals surface area contributed by atoms with Gasteiger partial charge >= 0.3 is 0 Å². The molecule has 0 atom stereocenters. The van der Waals surface area contributed by atoms with Crippen LogP contribution in [0.1, 0.15) is 23.7 Å². The number of aromatic amines is 1. The first kappa shape index (κ1) is 15.0. The van der Waals surface area contributed by atoms with Crippen LogP contribution in [-0.2, 0) is 4.79 Å². The van der Waals surface area contributed by atoms with Crippen LogP contribution < -0.4 is 11.1 Å². The zero-order chi connectivity index (χ0) is 15.2. The van der Waals surface area contributed by atoms with Gasteiger partial charge in [0.1, 0.15) is 0 Å². The molecule has 0 saturated heterocycles. The molecule has 0 unspecified atom stereocenters. The molecule has 4 N–H and O–H groups in total. The van der Waals surface area contributed by atoms with Gasteiger partial charge in [-0.3, -0.25) is 9.59 Å². The van der Waals surface area contributed by atoms with Gasteiger partial charge in [-0.2, -0.15) is 4.98 Å². The monoisotopic (exact) mass is 305 g/mol. The van der Waals surface area contributed by atoms with E-state index < -0.39 is 0 Å². The lowest BCUT2D eigenvalue weighted by Gasteiger charge is -2.04. The number of ketones is 1. The molecule has 0 saturated carbocycles. The van der Waals surface area contributed by atoms with E-state index in [2.05, 4.69) is 20.5 Å². The largest absolute Gasteiger partial charge is 0.368 e. The highest BCUT2D eigenvalue weighted by Gasteiger charge is 2.09. The normalized spacial score (nSPS) is 10.3. The summed E-state index contributed by atoms with van der Waals surface area (Å²) < 4.78 is 0. The minimum atomic E-state index is -0.0631. The van der Waals surface area contributed by atoms with Crippen molar-refractivity contribution in [3.8, 4) is 0 Å². The number of nitrogens with two attached hydrogens (primary N) is 1. The SMILES string of the molecule is CCC(=O)Nc1ccc(C(=O)CSc2n[nH]c(N)n2)cc1. The maximum absolute atomic E-state index is 12.0. The van der Waals surface area contributed by atoms with Gasteiger partial charge in [0.25, 0.3) is 0 Å². The molecule has 1 aromatic carbocycles. The summed E-state index contributed by atoms with van der Waals surface area (Å²) in [6.07, 6.45) is 0.414. The Morgan fingerprint density at radius 2 is 2.05 bits per heavy atom. The van der Waals surface area contributed by atoms with Crippen molar-refractivity contribution in [3.05, 3.63) is 29.8 Å². The van der Waals surface area contributed by atoms with Crippen molar-refractivity contribution in [2.45, 2.75) is 18.5 Å². The predicted octanol–water partition coefficient (Wildman–Crippen LogP) is 1.71. The van der Waals surface area contributed by atoms with Crippen LogP contribution in [0.2, 0.25) is 0 Å². The first-order valence-electron chi connectivity index (χ1n) is 6.32. The van der Waals surface area contributed by atoms with Crippen LogP contribution in [0.4, 0.5) is 11.6 Å². The number of thioether (sulfide) groups is 1. The van der Waals surface area contributed by atoms with E-state index in [0.29, 0.717) is 22.8 Å². The van der Waals surface area contributed by atoms with Crippen LogP contribution in [0, 0.1) is 0 Å². The van der Waals surface area contributed by atoms with Crippen molar-refractivity contribution in [3.63, 3.8) is 0 Å². The quantitative estimate of drug-likeness (QED) is 0.553. The molecule has 0 fully saturated rings. The highest BCUT2D eigenvalue weighted by molar-refractivity contribution is 7.99. The molecule has 0 radical (unpaired) electrons. The van der Waals surface area contributed by atoms with E-state index in [1.807, 2.05) is 0 Å². The summed E-state index contributed by atoms with van der Waals surface area (Å²) in [4.78, 5) is 27.2. The average Bonchev–Trinajstić information content (AvgIpc) is 2.91. The molecule has 21 heavy (non-hydrogen) atoms. The van der Waals surface area contributed by atoms with E-state index in [0.717, 1.165) is 0 Å². The number of aromatic nitrogens is 3. The number of carbonyl (C=O) groups excluding carboxylic acids is 2. The topological polar surface area (TPSA) is 114 Å². The van der Waals surface area contributed by atoms with Crippen molar-refractivity contribution in [2.24, 2.45) is 0 Å². The average molecular weight is 305 g/mol. The Kier molecular flexibility index (Phi) is 4.94. The number of hydrogen-bond donors (Lipinski definition) is 3. The molecule has 0 aliphatic heterocycles. The van der Waals surface area contributed by atoms with Gasteiger partial charge < -0.3 is 11.1 Å². The number of benzene rings is 1. The fraction of sp³-hybridized carbons (Fsp3) is 0.231. The molecular weight excluding hydrogens is 290 g/mol. The Bertz CT molecular complexity index is 638. The molecule has 0 bridgehead atoms. The fourth-order valence-electron chi connectivity index (χ4n) is 1.52. The van der Waals surface area contributed by atoms with Crippen LogP contribution in [0.25, 0.3) is 0 Å². The molecule has 2 aromatic rings. The van der Waals surface area contributed by atoms with Crippen molar-refractivity contribution in [2.75, 3.05) is 16.8 Å². The minimum Gasteiger partial charge on any atom is -0.368 e. The van der Waals surface area contributed by atoms with Crippen LogP contribution in [0.3, 0.4) is 0 Å². The highest BCUT2D eigenvalue weighted by Crippen LogP contribution is 2.16. The first-order chi connectivity index (χ1) is 10.1. The third kappa shape index (κ3) is 4.32. The van der Waals surface area contributed by atoms with Gasteiger partial charge in [-0.05, 0) is 24.3 Å². The smallest absolute Gasteiger partial charge is 0.224 e. The number of nitrogens with zero attached hydrogens (tertiary/aromatic N) is 2. The summed E-state index contributed by atoms with van der Waals surface area (Å²) in [6, 6.07) is 6.77. The van der Waals surface area contributed by atoms with E-state index >= 15 is 0 Å². The second kappa shape index (κ2) is 6.89. The molecule has 1 heterocycles. The van der Waals surface area contributed by atoms with E-state index in [-0.39, 0.29) is 23.4 Å². The molecule has 0 aliphatic carbocycles. The Morgan fingerprint density at radius 3 is 2.62 bits per heavy atom. The van der Waals surface area contributed by atoms with Crippen LogP contribution >= 0.6 is 11.8 Å². The molecule has 0 aliphatic rings. The van der Waals surface area contributed by atoms with Gasteiger partial charge in [0.15, 0.2) is 5.78 Å². The van der Waals surface area contributed by atoms with Crippen molar-refractivity contribution in [1.82, 2.24) is 15.2 Å². The van der Waals surface area contributed by atoms with E-state index in [1.54, 1.807) is 31.2 Å². The molecule has 1 amide bonds. The number of carbonyl (C=O) groups is 2. The molecule has 7 nitrogen and oxygen atoms in total. The molecule has 1 aromatic heterocycles. The first-order valence-corrected chi connectivity index (χ1v) is 7.31. The van der Waals surface area contributed by atoms with Gasteiger partial charge in [0.2, 0.25) is 17.0 Å². The number of Topliss-reactive ketones (excluding diaryl/α,β-unsaturated/α-hetero) is 1. The number of nitrogen functional groups attached to an aromatic ring is 1. The number of H-pyrrole nitrogens is 1. The second-order valence-electron chi connectivity index (χ2n) is 4.19. The zero-order valence-corrected chi connectivity index (χ0v) is 12.2. The van der Waals surface area contributed by atoms with Crippen LogP contribution in [0.5, 0.6) is 0 Å². The van der Waals surface area contributed by atoms with E-state index in [1.165, 1.54) is 11.8 Å². The van der Waals surface area contributed by atoms with Gasteiger partial charge in [0, 0.05) is 17.7 Å². The second-order valence-corrected chi connectivity index (χ2v) is 5.14. The number of hydrogen-bond acceptors (Lipinski definition) is 6. The Labute approximate surface area is 125 Å². The molecule has 0 spiro atoms. The highest BCUT2D eigenvalue weighted by atomic mass is 32.2. The summed E-state index contributed by atoms with van der Waals surface area (Å²) in [5.74, 6) is 0.336. The maximum atomic E-state index is 12.0. The Balaban J connectivity index is 1.91. The predicted molar refractivity (Wildman–Crippen MR) is 81.2 cm³/mol. The lowest BCUT2D eigenvalue weighted by molar-refractivity contribution is -0.115. The summed E-state index contributed by atoms with van der Waals surface area (Å²) >= 11 is 1.21. The summed E-state index contributed by atoms with van der Waals surface area (Å²) in [7, 11) is 0. The van der Waals surface area contributed by atoms with Crippen LogP contribution in [-0.4, -0.2) is 32.6 Å². The Morgan fingerprint density at radius 1 is 1.33 bits per heavy atom. The summed E-state index contributed by atoms with van der Waals surface area (Å²) in [6.45, 7) is 1.78. The lowest BCUT2D eigenvalue weighted by atomic mass is 10.1. The zero-order valence-electron chi connectivity index (χ0n) is 11.4. The van der Waals surface area contributed by atoms with E-state index in [4.69, 9.17) is 5.73 Å². The number of amides is 1. The third-order valence-corrected chi connectivity index (χ3v) is 3.47. The van der Waals surface area contributed by atoms with Gasteiger partial charge in [0.05, 0.1) is 5.75 Å². The van der Waals surface area contributed by atoms with E-state index in [9.17, 15) is 9.59 Å². The molecule has 8 heteroatoms. The van der Waals surface area contributed by atoms with Crippen molar-refractivity contribution < 1.29 is 9.59 Å². The third-order valence-electron chi connectivity index (χ3n) is 2.63. The number of nitrogens with one attached hydrogen (secondary N) is 2. The summed E-state index contributed by atoms with van der Waals surface area (Å²) in [5, 5.41) is 9.51. The van der Waals surface area contributed by atoms with Gasteiger partial charge in [-0.15, -0.1) is 5.10 Å². The lowest BCUT2D eigenvalue weighted by Crippen LogP contribution is -2.09. The molecule has 2 rings (SSSR count). The number of rotatable bonds is 6. The minimum absolute atomic E-state index is 0.0447. The van der Waals surface area contributed by atoms with Crippen molar-refractivity contribution in [1.29, 1.82) is 0 Å². The van der Waals surface area contributed by atoms with Crippen LogP contribution in [0.15, 0.2) is 29.4 Å². The maximum Gasteiger partial charge on any atom is 0.224 e. The Hall–Kier alpha value is -2.35. The summed E-state index contributed by atoms with van der Waals surface area (Å²) in [5.41, 5.74) is 6.65. The number of anilines is 2. The van der Waals surface area contributed by atoms with Gasteiger partial charge in [-0.1, -0.05) is 18.7 Å². The van der Waals surface area contributed by atoms with Crippen molar-refractivity contribution >= 4 is 35.1 Å². The molecular formula is C13H15N5O2S. The van der Waals surface area contributed by atoms with Gasteiger partial charge in [-0.25, -0.2) is 5.10 Å².